The Morgan fingerprint density at radius 3 is 1.23 bits per heavy atom. The number of carboxylic acid groups (broad SMARTS) is 4. The van der Waals surface area contributed by atoms with Gasteiger partial charge in [-0.05, 0) is 36.4 Å². The first-order valence-electron chi connectivity index (χ1n) is 11.7. The summed E-state index contributed by atoms with van der Waals surface area (Å²) in [5.74, 6) is -3.30. The van der Waals surface area contributed by atoms with Crippen molar-refractivity contribution in [3.05, 3.63) is 65.5 Å². The quantitative estimate of drug-likeness (QED) is 0.119. The Kier molecular flexibility index (Phi) is 22.8. The average Bonchev–Trinajstić information content (AvgIpc) is 2.87. The van der Waals surface area contributed by atoms with Crippen LogP contribution in [0.2, 0.25) is 0 Å². The second kappa shape index (κ2) is 22.4. The molecule has 0 fully saturated rings. The molecule has 0 aliphatic carbocycles. The molecule has 0 aliphatic heterocycles. The molecular formula is C27H21N5Na4O8. The predicted molar refractivity (Wildman–Crippen MR) is 129 cm³/mol. The van der Waals surface area contributed by atoms with Gasteiger partial charge in [-0.1, -0.05) is 18.1 Å². The third-order valence-corrected chi connectivity index (χ3v) is 5.31. The minimum Gasteiger partial charge on any atom is -0.549 e. The normalized spacial score (nSPS) is 9.84. The van der Waals surface area contributed by atoms with Gasteiger partial charge < -0.3 is 39.6 Å². The fourth-order valence-electron chi connectivity index (χ4n) is 3.82. The van der Waals surface area contributed by atoms with Gasteiger partial charge in [-0.25, -0.2) is 15.0 Å². The van der Waals surface area contributed by atoms with E-state index in [0.29, 0.717) is 39.7 Å². The summed E-state index contributed by atoms with van der Waals surface area (Å²) in [6.45, 7) is -2.79. The van der Waals surface area contributed by atoms with E-state index in [2.05, 4.69) is 20.9 Å². The zero-order valence-corrected chi connectivity index (χ0v) is 32.9. The molecule has 13 nitrogen and oxygen atoms in total. The second-order valence-electron chi connectivity index (χ2n) is 8.58. The van der Waals surface area contributed by atoms with Crippen molar-refractivity contribution >= 4 is 23.9 Å². The number of hydrogen-bond acceptors (Lipinski definition) is 13. The Balaban J connectivity index is 0. The summed E-state index contributed by atoms with van der Waals surface area (Å²) in [6.07, 6.45) is 5.64. The fraction of sp³-hybridized carbons (Fsp3) is 0.222. The maximum absolute atomic E-state index is 11.0. The molecular weight excluding hydrogens is 614 g/mol. The molecule has 3 rings (SSSR count). The molecule has 0 saturated carbocycles. The van der Waals surface area contributed by atoms with Gasteiger partial charge >= 0.3 is 118 Å². The first kappa shape index (κ1) is 44.9. The molecule has 206 valence electrons. The smallest absolute Gasteiger partial charge is 0.549 e. The first-order valence-corrected chi connectivity index (χ1v) is 11.7. The molecule has 44 heavy (non-hydrogen) atoms. The Labute approximate surface area is 342 Å². The van der Waals surface area contributed by atoms with Crippen LogP contribution >= 0.6 is 0 Å². The van der Waals surface area contributed by atoms with Crippen LogP contribution in [0.25, 0.3) is 22.8 Å². The number of terminal acetylenes is 1. The summed E-state index contributed by atoms with van der Waals surface area (Å²) >= 11 is 0. The Hall–Kier alpha value is -1.19. The summed E-state index contributed by atoms with van der Waals surface area (Å²) in [5.41, 5.74) is 2.57. The minimum atomic E-state index is -1.46. The third-order valence-electron chi connectivity index (χ3n) is 5.31. The largest absolute Gasteiger partial charge is 1.00 e. The van der Waals surface area contributed by atoms with Crippen molar-refractivity contribution in [1.82, 2.24) is 24.8 Å². The van der Waals surface area contributed by atoms with Crippen LogP contribution in [0.15, 0.2) is 48.5 Å². The molecule has 0 radical (unpaired) electrons. The van der Waals surface area contributed by atoms with Crippen molar-refractivity contribution in [2.75, 3.05) is 26.2 Å². The summed E-state index contributed by atoms with van der Waals surface area (Å²) in [6, 6.07) is 12.9. The van der Waals surface area contributed by atoms with Crippen molar-refractivity contribution in [1.29, 1.82) is 0 Å². The van der Waals surface area contributed by atoms with Crippen LogP contribution in [0.4, 0.5) is 0 Å². The van der Waals surface area contributed by atoms with E-state index in [1.165, 1.54) is 0 Å². The molecule has 0 aromatic carbocycles. The predicted octanol–water partition coefficient (Wildman–Crippen LogP) is -16.2. The van der Waals surface area contributed by atoms with Crippen molar-refractivity contribution < 1.29 is 158 Å². The molecule has 0 saturated heterocycles. The van der Waals surface area contributed by atoms with E-state index < -0.39 is 50.1 Å². The van der Waals surface area contributed by atoms with E-state index in [-0.39, 0.29) is 131 Å². The maximum atomic E-state index is 11.0. The number of hydrogen-bond donors (Lipinski definition) is 0. The number of carbonyl (C=O) groups is 4. The maximum Gasteiger partial charge on any atom is 1.00 e. The molecule has 0 N–H and O–H groups in total. The van der Waals surface area contributed by atoms with Gasteiger partial charge in [0.2, 0.25) is 0 Å². The minimum absolute atomic E-state index is 0. The fourth-order valence-corrected chi connectivity index (χ4v) is 3.82. The van der Waals surface area contributed by atoms with Gasteiger partial charge in [0.15, 0.2) is 0 Å². The number of carbonyl (C=O) groups excluding carboxylic acids is 4. The number of aliphatic carboxylic acids is 4. The monoisotopic (exact) mass is 635 g/mol. The number of pyridine rings is 3. The van der Waals surface area contributed by atoms with Crippen LogP contribution in [-0.2, 0) is 32.3 Å². The molecule has 17 heteroatoms. The molecule has 3 heterocycles. The van der Waals surface area contributed by atoms with Crippen LogP contribution in [0, 0.1) is 12.3 Å². The van der Waals surface area contributed by atoms with Crippen molar-refractivity contribution in [3.63, 3.8) is 0 Å². The molecule has 0 spiro atoms. The van der Waals surface area contributed by atoms with E-state index in [4.69, 9.17) is 6.42 Å². The summed E-state index contributed by atoms with van der Waals surface area (Å²) < 4.78 is 0. The molecule has 0 unspecified atom stereocenters. The summed E-state index contributed by atoms with van der Waals surface area (Å²) in [5, 5.41) is 44.0. The third kappa shape index (κ3) is 15.4. The molecule has 0 amide bonds. The Morgan fingerprint density at radius 2 is 0.932 bits per heavy atom. The van der Waals surface area contributed by atoms with Crippen LogP contribution < -0.4 is 139 Å². The van der Waals surface area contributed by atoms with Gasteiger partial charge in [0.1, 0.15) is 0 Å². The average molecular weight is 635 g/mol. The van der Waals surface area contributed by atoms with E-state index in [0.717, 1.165) is 9.80 Å². The topological polar surface area (TPSA) is 206 Å². The van der Waals surface area contributed by atoms with Gasteiger partial charge in [-0.15, -0.1) is 6.42 Å². The summed E-state index contributed by atoms with van der Waals surface area (Å²) in [4.78, 5) is 59.7. The zero-order valence-electron chi connectivity index (χ0n) is 24.9. The van der Waals surface area contributed by atoms with E-state index in [9.17, 15) is 39.6 Å². The number of aromatic nitrogens is 3. The second-order valence-corrected chi connectivity index (χ2v) is 8.58. The van der Waals surface area contributed by atoms with Gasteiger partial charge in [-0.3, -0.25) is 9.80 Å². The molecule has 3 aromatic heterocycles. The van der Waals surface area contributed by atoms with Gasteiger partial charge in [-0.2, -0.15) is 0 Å². The van der Waals surface area contributed by atoms with Crippen LogP contribution in [0.3, 0.4) is 0 Å². The Morgan fingerprint density at radius 1 is 0.591 bits per heavy atom. The van der Waals surface area contributed by atoms with E-state index >= 15 is 0 Å². The van der Waals surface area contributed by atoms with Crippen molar-refractivity contribution in [2.45, 2.75) is 13.1 Å². The SMILES string of the molecule is C#Cc1cc(-c2cccc(CN(CC(=O)[O-])CC(=O)[O-])n2)nc(-c2cccc(CN(CC(=O)[O-])CC(=O)[O-])n2)c1.[Na+].[Na+].[Na+].[Na+]. The van der Waals surface area contributed by atoms with Crippen LogP contribution in [0.5, 0.6) is 0 Å². The Bertz CT molecular complexity index is 1360. The van der Waals surface area contributed by atoms with Crippen molar-refractivity contribution in [3.8, 4) is 35.1 Å². The zero-order chi connectivity index (χ0) is 29.2. The van der Waals surface area contributed by atoms with Gasteiger partial charge in [0, 0.05) is 44.8 Å². The van der Waals surface area contributed by atoms with Crippen LogP contribution in [-0.4, -0.2) is 74.8 Å². The summed E-state index contributed by atoms with van der Waals surface area (Å²) in [7, 11) is 0. The number of carboxylic acids is 4. The van der Waals surface area contributed by atoms with Crippen molar-refractivity contribution in [2.24, 2.45) is 0 Å². The molecule has 0 aliphatic rings. The number of nitrogens with zero attached hydrogens (tertiary/aromatic N) is 5. The van der Waals surface area contributed by atoms with Crippen LogP contribution in [0.1, 0.15) is 17.0 Å². The van der Waals surface area contributed by atoms with E-state index in [1.54, 1.807) is 48.5 Å². The molecule has 3 aromatic rings. The molecule has 0 bridgehead atoms. The van der Waals surface area contributed by atoms with Gasteiger partial charge in [0.05, 0.1) is 58.0 Å². The van der Waals surface area contributed by atoms with Gasteiger partial charge in [0.25, 0.3) is 0 Å². The molecule has 0 atom stereocenters. The first-order chi connectivity index (χ1) is 19.0. The standard InChI is InChI=1S/C27H25N5O8.4Na/c1-2-17-9-22(20-7-3-5-18(28-20)11-31(13-24(33)34)14-25(35)36)30-23(10-17)21-8-4-6-19(29-21)12-32(15-26(37)38)16-27(39)40;;;;/h1,3-10H,11-16H2,(H,33,34)(H,35,36)(H,37,38)(H,39,40);;;;/q;4*+1/p-4. The number of rotatable bonds is 14. The van der Waals surface area contributed by atoms with E-state index in [1.807, 2.05) is 0 Å².